The molecule has 0 aromatic carbocycles. The van der Waals surface area contributed by atoms with Crippen molar-refractivity contribution < 1.29 is 27.5 Å². The molecular formula is C17H20F3N3O3. The summed E-state index contributed by atoms with van der Waals surface area (Å²) in [7, 11) is 0. The number of aromatic nitrogens is 1. The molecule has 3 N–H and O–H groups in total. The SMILES string of the molecule is NC(=O)CC(NC(=O)c1ccc(C2CC2)c(OCC2CC2)n1)C(F)(F)F. The third-order valence-electron chi connectivity index (χ3n) is 4.40. The normalized spacial score (nSPS) is 18.3. The van der Waals surface area contributed by atoms with Gasteiger partial charge in [0.1, 0.15) is 11.7 Å². The van der Waals surface area contributed by atoms with E-state index in [-0.39, 0.29) is 5.69 Å². The van der Waals surface area contributed by atoms with E-state index in [2.05, 4.69) is 4.98 Å². The van der Waals surface area contributed by atoms with Crippen LogP contribution in [0.4, 0.5) is 13.2 Å². The second-order valence-electron chi connectivity index (χ2n) is 6.86. The molecule has 142 valence electrons. The van der Waals surface area contributed by atoms with E-state index in [4.69, 9.17) is 10.5 Å². The van der Waals surface area contributed by atoms with Crippen molar-refractivity contribution in [2.45, 2.75) is 50.2 Å². The van der Waals surface area contributed by atoms with Gasteiger partial charge in [0.2, 0.25) is 11.8 Å². The quantitative estimate of drug-likeness (QED) is 0.733. The maximum absolute atomic E-state index is 13.0. The van der Waals surface area contributed by atoms with E-state index in [1.807, 2.05) is 0 Å². The molecule has 0 aliphatic heterocycles. The maximum atomic E-state index is 13.0. The zero-order chi connectivity index (χ0) is 18.9. The molecule has 1 aromatic heterocycles. The third kappa shape index (κ3) is 4.86. The van der Waals surface area contributed by atoms with E-state index in [0.29, 0.717) is 24.3 Å². The predicted molar refractivity (Wildman–Crippen MR) is 85.6 cm³/mol. The van der Waals surface area contributed by atoms with Crippen molar-refractivity contribution in [1.82, 2.24) is 10.3 Å². The fraction of sp³-hybridized carbons (Fsp3) is 0.588. The first-order chi connectivity index (χ1) is 12.2. The molecule has 0 saturated heterocycles. The van der Waals surface area contributed by atoms with Crippen LogP contribution in [0.1, 0.15) is 54.1 Å². The molecule has 1 atom stereocenters. The van der Waals surface area contributed by atoms with Gasteiger partial charge in [0.15, 0.2) is 0 Å². The van der Waals surface area contributed by atoms with E-state index in [1.54, 1.807) is 11.4 Å². The van der Waals surface area contributed by atoms with Gasteiger partial charge in [-0.2, -0.15) is 13.2 Å². The zero-order valence-corrected chi connectivity index (χ0v) is 14.0. The summed E-state index contributed by atoms with van der Waals surface area (Å²) in [5, 5.41) is 1.79. The summed E-state index contributed by atoms with van der Waals surface area (Å²) in [6.07, 6.45) is -1.65. The van der Waals surface area contributed by atoms with E-state index >= 15 is 0 Å². The molecule has 0 radical (unpaired) electrons. The Hall–Kier alpha value is -2.32. The Labute approximate surface area is 148 Å². The average molecular weight is 371 g/mol. The standard InChI is InChI=1S/C17H20F3N3O3/c18-17(19,20)13(7-14(21)24)23-15(25)12-6-5-11(10-3-4-10)16(22-12)26-8-9-1-2-9/h5-6,9-10,13H,1-4,7-8H2,(H2,21,24)(H,23,25). The van der Waals surface area contributed by atoms with Gasteiger partial charge in [0.25, 0.3) is 5.91 Å². The van der Waals surface area contributed by atoms with Gasteiger partial charge in [0, 0.05) is 5.56 Å². The molecule has 1 heterocycles. The zero-order valence-electron chi connectivity index (χ0n) is 14.0. The Morgan fingerprint density at radius 2 is 1.96 bits per heavy atom. The van der Waals surface area contributed by atoms with Crippen molar-refractivity contribution in [2.75, 3.05) is 6.61 Å². The van der Waals surface area contributed by atoms with Crippen LogP contribution in [0.15, 0.2) is 12.1 Å². The van der Waals surface area contributed by atoms with Gasteiger partial charge in [-0.25, -0.2) is 4.98 Å². The topological polar surface area (TPSA) is 94.3 Å². The molecule has 3 rings (SSSR count). The van der Waals surface area contributed by atoms with Crippen LogP contribution in [-0.2, 0) is 4.79 Å². The van der Waals surface area contributed by atoms with E-state index in [0.717, 1.165) is 31.2 Å². The number of carbonyl (C=O) groups excluding carboxylic acids is 2. The third-order valence-corrected chi connectivity index (χ3v) is 4.40. The number of hydrogen-bond donors (Lipinski definition) is 2. The summed E-state index contributed by atoms with van der Waals surface area (Å²) >= 11 is 0. The molecule has 1 unspecified atom stereocenters. The Balaban J connectivity index is 1.74. The maximum Gasteiger partial charge on any atom is 0.409 e. The number of hydrogen-bond acceptors (Lipinski definition) is 4. The minimum absolute atomic E-state index is 0.182. The van der Waals surface area contributed by atoms with E-state index in [1.165, 1.54) is 6.07 Å². The predicted octanol–water partition coefficient (Wildman–Crippen LogP) is 2.28. The number of nitrogens with two attached hydrogens (primary N) is 1. The van der Waals surface area contributed by atoms with Gasteiger partial charge in [0.05, 0.1) is 13.0 Å². The number of nitrogens with one attached hydrogen (secondary N) is 1. The number of primary amides is 1. The molecule has 0 bridgehead atoms. The van der Waals surface area contributed by atoms with Gasteiger partial charge in [-0.15, -0.1) is 0 Å². The fourth-order valence-electron chi connectivity index (χ4n) is 2.56. The summed E-state index contributed by atoms with van der Waals surface area (Å²) < 4.78 is 44.6. The summed E-state index contributed by atoms with van der Waals surface area (Å²) in [6, 6.07) is 0.705. The largest absolute Gasteiger partial charge is 0.477 e. The van der Waals surface area contributed by atoms with Crippen molar-refractivity contribution >= 4 is 11.8 Å². The van der Waals surface area contributed by atoms with Gasteiger partial charge < -0.3 is 15.8 Å². The Morgan fingerprint density at radius 3 is 2.50 bits per heavy atom. The first-order valence-corrected chi connectivity index (χ1v) is 8.53. The van der Waals surface area contributed by atoms with E-state index < -0.39 is 30.5 Å². The molecule has 2 saturated carbocycles. The monoisotopic (exact) mass is 371 g/mol. The lowest BCUT2D eigenvalue weighted by molar-refractivity contribution is -0.158. The highest BCUT2D eigenvalue weighted by molar-refractivity contribution is 5.93. The number of alkyl halides is 3. The Kier molecular flexibility index (Phi) is 5.06. The molecule has 1 aromatic rings. The molecule has 2 fully saturated rings. The molecule has 9 heteroatoms. The lowest BCUT2D eigenvalue weighted by Gasteiger charge is -2.20. The van der Waals surface area contributed by atoms with Crippen molar-refractivity contribution in [3.63, 3.8) is 0 Å². The Morgan fingerprint density at radius 1 is 1.27 bits per heavy atom. The van der Waals surface area contributed by atoms with Crippen LogP contribution in [0.5, 0.6) is 5.88 Å². The molecule has 2 aliphatic carbocycles. The molecule has 0 spiro atoms. The number of pyridine rings is 1. The molecular weight excluding hydrogens is 351 g/mol. The highest BCUT2D eigenvalue weighted by atomic mass is 19.4. The number of halogens is 3. The summed E-state index contributed by atoms with van der Waals surface area (Å²) in [6.45, 7) is 0.491. The lowest BCUT2D eigenvalue weighted by atomic mass is 10.1. The summed E-state index contributed by atoms with van der Waals surface area (Å²) in [5.74, 6) is -1.06. The lowest BCUT2D eigenvalue weighted by Crippen LogP contribution is -2.47. The van der Waals surface area contributed by atoms with Crippen LogP contribution in [0.2, 0.25) is 0 Å². The Bertz CT molecular complexity index is 700. The van der Waals surface area contributed by atoms with Crippen LogP contribution in [0, 0.1) is 5.92 Å². The number of nitrogens with zero attached hydrogens (tertiary/aromatic N) is 1. The second kappa shape index (κ2) is 7.13. The smallest absolute Gasteiger partial charge is 0.409 e. The number of ether oxygens (including phenoxy) is 1. The van der Waals surface area contributed by atoms with Crippen molar-refractivity contribution in [3.8, 4) is 5.88 Å². The van der Waals surface area contributed by atoms with Gasteiger partial charge in [-0.05, 0) is 43.6 Å². The van der Waals surface area contributed by atoms with Crippen LogP contribution >= 0.6 is 0 Å². The summed E-state index contributed by atoms with van der Waals surface area (Å²) in [4.78, 5) is 27.2. The van der Waals surface area contributed by atoms with Crippen LogP contribution < -0.4 is 15.8 Å². The number of rotatable bonds is 8. The number of carbonyl (C=O) groups is 2. The van der Waals surface area contributed by atoms with E-state index in [9.17, 15) is 22.8 Å². The minimum atomic E-state index is -4.79. The molecule has 2 aliphatic rings. The van der Waals surface area contributed by atoms with Crippen molar-refractivity contribution in [3.05, 3.63) is 23.4 Å². The second-order valence-corrected chi connectivity index (χ2v) is 6.86. The van der Waals surface area contributed by atoms with Gasteiger partial charge in [-0.1, -0.05) is 6.07 Å². The van der Waals surface area contributed by atoms with Crippen LogP contribution in [0.25, 0.3) is 0 Å². The first kappa shape index (κ1) is 18.5. The van der Waals surface area contributed by atoms with Crippen LogP contribution in [-0.4, -0.2) is 35.6 Å². The highest BCUT2D eigenvalue weighted by Crippen LogP contribution is 2.44. The summed E-state index contributed by atoms with van der Waals surface area (Å²) in [5.41, 5.74) is 5.54. The van der Waals surface area contributed by atoms with Gasteiger partial charge in [-0.3, -0.25) is 9.59 Å². The minimum Gasteiger partial charge on any atom is -0.477 e. The average Bonchev–Trinajstić information content (AvgIpc) is 3.45. The highest BCUT2D eigenvalue weighted by Gasteiger charge is 2.42. The number of amides is 2. The molecule has 2 amide bonds. The first-order valence-electron chi connectivity index (χ1n) is 8.53. The van der Waals surface area contributed by atoms with Crippen molar-refractivity contribution in [1.29, 1.82) is 0 Å². The molecule has 26 heavy (non-hydrogen) atoms. The van der Waals surface area contributed by atoms with Crippen molar-refractivity contribution in [2.24, 2.45) is 11.7 Å². The van der Waals surface area contributed by atoms with Gasteiger partial charge >= 0.3 is 6.18 Å². The molecule has 6 nitrogen and oxygen atoms in total. The van der Waals surface area contributed by atoms with Crippen LogP contribution in [0.3, 0.4) is 0 Å². The fourth-order valence-corrected chi connectivity index (χ4v) is 2.56.